The van der Waals surface area contributed by atoms with Gasteiger partial charge in [0.2, 0.25) is 0 Å². The standard InChI is InChI=1S/C13H18N2O3/c1-4-14-12(16)9-18-13(17)10-6-5-7-11(8-10)15(2)3/h5-8H,4,9H2,1-3H3,(H,14,16). The van der Waals surface area contributed by atoms with Crippen LogP contribution in [0.3, 0.4) is 0 Å². The normalized spacial score (nSPS) is 9.72. The average Bonchev–Trinajstić information content (AvgIpc) is 2.36. The van der Waals surface area contributed by atoms with Gasteiger partial charge >= 0.3 is 5.97 Å². The van der Waals surface area contributed by atoms with Crippen LogP contribution < -0.4 is 10.2 Å². The molecule has 0 spiro atoms. The second-order valence-electron chi connectivity index (χ2n) is 3.97. The molecule has 5 nitrogen and oxygen atoms in total. The Morgan fingerprint density at radius 3 is 2.67 bits per heavy atom. The summed E-state index contributed by atoms with van der Waals surface area (Å²) in [7, 11) is 3.78. The first-order chi connectivity index (χ1) is 8.54. The van der Waals surface area contributed by atoms with Gasteiger partial charge in [0.05, 0.1) is 5.56 Å². The number of anilines is 1. The lowest BCUT2D eigenvalue weighted by Gasteiger charge is -2.13. The van der Waals surface area contributed by atoms with E-state index in [1.807, 2.05) is 25.1 Å². The summed E-state index contributed by atoms with van der Waals surface area (Å²) in [6.07, 6.45) is 0. The molecule has 0 heterocycles. The highest BCUT2D eigenvalue weighted by molar-refractivity contribution is 5.92. The Balaban J connectivity index is 2.61. The van der Waals surface area contributed by atoms with Gasteiger partial charge < -0.3 is 15.0 Å². The third-order valence-electron chi connectivity index (χ3n) is 2.31. The molecule has 1 rings (SSSR count). The fourth-order valence-corrected chi connectivity index (χ4v) is 1.37. The highest BCUT2D eigenvalue weighted by Gasteiger charge is 2.10. The smallest absolute Gasteiger partial charge is 0.338 e. The van der Waals surface area contributed by atoms with Crippen molar-refractivity contribution in [1.82, 2.24) is 5.32 Å². The molecule has 0 aliphatic rings. The first-order valence-corrected chi connectivity index (χ1v) is 5.75. The SMILES string of the molecule is CCNC(=O)COC(=O)c1cccc(N(C)C)c1. The van der Waals surface area contributed by atoms with E-state index in [1.54, 1.807) is 25.1 Å². The number of hydrogen-bond acceptors (Lipinski definition) is 4. The zero-order chi connectivity index (χ0) is 13.5. The van der Waals surface area contributed by atoms with Gasteiger partial charge in [-0.2, -0.15) is 0 Å². The van der Waals surface area contributed by atoms with E-state index in [-0.39, 0.29) is 12.5 Å². The molecule has 0 aromatic heterocycles. The minimum atomic E-state index is -0.495. The fourth-order valence-electron chi connectivity index (χ4n) is 1.37. The molecular formula is C13H18N2O3. The minimum Gasteiger partial charge on any atom is -0.452 e. The van der Waals surface area contributed by atoms with E-state index in [4.69, 9.17) is 4.74 Å². The Morgan fingerprint density at radius 2 is 2.06 bits per heavy atom. The number of carbonyl (C=O) groups excluding carboxylic acids is 2. The zero-order valence-electron chi connectivity index (χ0n) is 10.9. The van der Waals surface area contributed by atoms with E-state index in [9.17, 15) is 9.59 Å². The van der Waals surface area contributed by atoms with Gasteiger partial charge in [-0.15, -0.1) is 0 Å². The van der Waals surface area contributed by atoms with Crippen molar-refractivity contribution in [2.45, 2.75) is 6.92 Å². The maximum atomic E-state index is 11.7. The molecule has 0 fully saturated rings. The molecule has 1 aromatic rings. The lowest BCUT2D eigenvalue weighted by Crippen LogP contribution is -2.28. The van der Waals surface area contributed by atoms with E-state index in [0.717, 1.165) is 5.69 Å². The number of amides is 1. The molecule has 5 heteroatoms. The molecule has 0 saturated carbocycles. The van der Waals surface area contributed by atoms with Crippen LogP contribution in [0.15, 0.2) is 24.3 Å². The molecule has 0 aliphatic carbocycles. The Hall–Kier alpha value is -2.04. The van der Waals surface area contributed by atoms with Crippen LogP contribution in [0.1, 0.15) is 17.3 Å². The van der Waals surface area contributed by atoms with Crippen LogP contribution in [-0.2, 0) is 9.53 Å². The number of nitrogens with zero attached hydrogens (tertiary/aromatic N) is 1. The van der Waals surface area contributed by atoms with Crippen molar-refractivity contribution in [3.8, 4) is 0 Å². The molecular weight excluding hydrogens is 232 g/mol. The monoisotopic (exact) mass is 250 g/mol. The van der Waals surface area contributed by atoms with E-state index >= 15 is 0 Å². The molecule has 98 valence electrons. The quantitative estimate of drug-likeness (QED) is 0.793. The predicted molar refractivity (Wildman–Crippen MR) is 69.7 cm³/mol. The van der Waals surface area contributed by atoms with Crippen molar-refractivity contribution in [3.63, 3.8) is 0 Å². The number of esters is 1. The zero-order valence-corrected chi connectivity index (χ0v) is 10.9. The summed E-state index contributed by atoms with van der Waals surface area (Å²) in [4.78, 5) is 24.8. The largest absolute Gasteiger partial charge is 0.452 e. The van der Waals surface area contributed by atoms with Crippen LogP contribution in [0.25, 0.3) is 0 Å². The summed E-state index contributed by atoms with van der Waals surface area (Å²) in [5.41, 5.74) is 1.34. The summed E-state index contributed by atoms with van der Waals surface area (Å²) in [6.45, 7) is 2.08. The number of carbonyl (C=O) groups is 2. The van der Waals surface area contributed by atoms with Crippen LogP contribution in [0.2, 0.25) is 0 Å². The minimum absolute atomic E-state index is 0.251. The third-order valence-corrected chi connectivity index (χ3v) is 2.31. The first kappa shape index (κ1) is 14.0. The molecule has 0 atom stereocenters. The summed E-state index contributed by atoms with van der Waals surface area (Å²) in [6, 6.07) is 7.05. The van der Waals surface area contributed by atoms with Gasteiger partial charge in [0.15, 0.2) is 6.61 Å². The topological polar surface area (TPSA) is 58.6 Å². The predicted octanol–water partition coefficient (Wildman–Crippen LogP) is 1.05. The van der Waals surface area contributed by atoms with Crippen LogP contribution >= 0.6 is 0 Å². The Bertz CT molecular complexity index is 430. The molecule has 0 bridgehead atoms. The lowest BCUT2D eigenvalue weighted by atomic mass is 10.2. The van der Waals surface area contributed by atoms with Gasteiger partial charge in [0.1, 0.15) is 0 Å². The van der Waals surface area contributed by atoms with Crippen molar-refractivity contribution < 1.29 is 14.3 Å². The van der Waals surface area contributed by atoms with Gasteiger partial charge in [0, 0.05) is 26.3 Å². The van der Waals surface area contributed by atoms with Crippen LogP contribution in [-0.4, -0.2) is 39.1 Å². The van der Waals surface area contributed by atoms with Gasteiger partial charge in [-0.25, -0.2) is 4.79 Å². The molecule has 0 unspecified atom stereocenters. The van der Waals surface area contributed by atoms with Crippen molar-refractivity contribution in [2.24, 2.45) is 0 Å². The Morgan fingerprint density at radius 1 is 1.33 bits per heavy atom. The summed E-state index contributed by atoms with van der Waals surface area (Å²) in [5, 5.41) is 2.56. The number of hydrogen-bond donors (Lipinski definition) is 1. The van der Waals surface area contributed by atoms with Crippen molar-refractivity contribution in [2.75, 3.05) is 32.1 Å². The highest BCUT2D eigenvalue weighted by Crippen LogP contribution is 2.14. The molecule has 0 aliphatic heterocycles. The molecule has 1 N–H and O–H groups in total. The van der Waals surface area contributed by atoms with Crippen molar-refractivity contribution in [1.29, 1.82) is 0 Å². The second-order valence-corrected chi connectivity index (χ2v) is 3.97. The summed E-state index contributed by atoms with van der Waals surface area (Å²) in [5.74, 6) is -0.792. The highest BCUT2D eigenvalue weighted by atomic mass is 16.5. The van der Waals surface area contributed by atoms with Crippen molar-refractivity contribution >= 4 is 17.6 Å². The number of nitrogens with one attached hydrogen (secondary N) is 1. The van der Waals surface area contributed by atoms with Crippen LogP contribution in [0.5, 0.6) is 0 Å². The van der Waals surface area contributed by atoms with E-state index < -0.39 is 5.97 Å². The maximum absolute atomic E-state index is 11.7. The molecule has 18 heavy (non-hydrogen) atoms. The third kappa shape index (κ3) is 4.08. The van der Waals surface area contributed by atoms with E-state index in [0.29, 0.717) is 12.1 Å². The van der Waals surface area contributed by atoms with Gasteiger partial charge in [-0.05, 0) is 25.1 Å². The Kier molecular flexibility index (Phi) is 5.17. The fraction of sp³-hybridized carbons (Fsp3) is 0.385. The van der Waals surface area contributed by atoms with Gasteiger partial charge in [0.25, 0.3) is 5.91 Å². The van der Waals surface area contributed by atoms with Gasteiger partial charge in [-0.3, -0.25) is 4.79 Å². The number of benzene rings is 1. The number of rotatable bonds is 5. The van der Waals surface area contributed by atoms with E-state index in [1.165, 1.54) is 0 Å². The molecule has 0 radical (unpaired) electrons. The van der Waals surface area contributed by atoms with Crippen LogP contribution in [0.4, 0.5) is 5.69 Å². The maximum Gasteiger partial charge on any atom is 0.338 e. The molecule has 1 aromatic carbocycles. The van der Waals surface area contributed by atoms with Crippen molar-refractivity contribution in [3.05, 3.63) is 29.8 Å². The molecule has 1 amide bonds. The Labute approximate surface area is 107 Å². The average molecular weight is 250 g/mol. The lowest BCUT2D eigenvalue weighted by molar-refractivity contribution is -0.124. The first-order valence-electron chi connectivity index (χ1n) is 5.75. The van der Waals surface area contributed by atoms with Gasteiger partial charge in [-0.1, -0.05) is 6.07 Å². The summed E-state index contributed by atoms with van der Waals surface area (Å²) < 4.78 is 4.91. The molecule has 0 saturated heterocycles. The summed E-state index contributed by atoms with van der Waals surface area (Å²) >= 11 is 0. The second kappa shape index (κ2) is 6.64. The van der Waals surface area contributed by atoms with Crippen LogP contribution in [0, 0.1) is 0 Å². The number of ether oxygens (including phenoxy) is 1. The number of likely N-dealkylation sites (N-methyl/N-ethyl adjacent to an activating group) is 1. The van der Waals surface area contributed by atoms with E-state index in [2.05, 4.69) is 5.32 Å².